The monoisotopic (exact) mass is 409 g/mol. The minimum Gasteiger partial charge on any atom is -0.344 e. The van der Waals surface area contributed by atoms with E-state index in [2.05, 4.69) is 0 Å². The summed E-state index contributed by atoms with van der Waals surface area (Å²) >= 11 is 0. The largest absolute Gasteiger partial charge is 0.344 e. The summed E-state index contributed by atoms with van der Waals surface area (Å²) in [6.07, 6.45) is 0. The highest BCUT2D eigenvalue weighted by Crippen LogP contribution is 0.423. The van der Waals surface area contributed by atoms with Crippen molar-refractivity contribution in [3.8, 4) is 0 Å². The summed E-state index contributed by atoms with van der Waals surface area (Å²) in [4.78, 5) is 0. The van der Waals surface area contributed by atoms with Gasteiger partial charge in [0.15, 0.2) is 0 Å². The Labute approximate surface area is 158 Å². The van der Waals surface area contributed by atoms with E-state index in [1.165, 1.54) is 0 Å². The summed E-state index contributed by atoms with van der Waals surface area (Å²) in [6, 6.07) is 0. The molecule has 8 nitrogen and oxygen atoms in total. The summed E-state index contributed by atoms with van der Waals surface area (Å²) in [6.45, 7) is 0. The highest BCUT2D eigenvalue weighted by Gasteiger charge is -0.0659. The fraction of sp³-hybridized carbons (Fsp3) is 1.00. The molecule has 12 heteroatoms. The van der Waals surface area contributed by atoms with Gasteiger partial charge < -0.3 is 49.2 Å². The summed E-state index contributed by atoms with van der Waals surface area (Å²) in [5, 5.41) is 0. The van der Waals surface area contributed by atoms with Crippen molar-refractivity contribution in [3.63, 3.8) is 0 Å². The summed E-state index contributed by atoms with van der Waals surface area (Å²) < 4.78 is 0. The summed E-state index contributed by atoms with van der Waals surface area (Å²) in [7, 11) is 0. The highest BCUT2D eigenvalue weighted by atomic mass is 19.0. The van der Waals surface area contributed by atoms with Crippen molar-refractivity contribution >= 4 is 0 Å². The van der Waals surface area contributed by atoms with E-state index in [1.807, 2.05) is 0 Å². The van der Waals surface area contributed by atoms with Gasteiger partial charge in [-0.1, -0.05) is 89.1 Å². The molecule has 0 spiro atoms. The van der Waals surface area contributed by atoms with Gasteiger partial charge in [-0.05, 0) is 0 Å². The fourth-order valence-electron chi connectivity index (χ4n) is 0. The second-order valence-corrected chi connectivity index (χ2v) is 0. The molecular weight excluding hydrogens is 332 g/mol. The molecule has 0 rings (SSSR count). The highest BCUT2D eigenvalue weighted by molar-refractivity contribution is 2.51. The van der Waals surface area contributed by atoms with Crippen molar-refractivity contribution in [1.29, 1.82) is 0 Å². The minimum absolute atomic E-state index is 0. The first-order valence-corrected chi connectivity index (χ1v) is 0. The Hall–Kier alpha value is -0.600. The van der Waals surface area contributed by atoms with Crippen molar-refractivity contribution in [3.05, 3.63) is 0 Å². The van der Waals surface area contributed by atoms with Gasteiger partial charge >= 0.3 is 0 Å². The lowest BCUT2D eigenvalue weighted by Gasteiger charge is -0.345. The van der Waals surface area contributed by atoms with Gasteiger partial charge in [-0.2, -0.15) is 0 Å². The molecule has 24 N–H and O–H groups in total. The van der Waals surface area contributed by atoms with Crippen LogP contribution in [0.25, 0.3) is 0 Å². The van der Waals surface area contributed by atoms with E-state index in [-0.39, 0.29) is 157 Å². The van der Waals surface area contributed by atoms with E-state index in [0.717, 1.165) is 0 Å². The second-order valence-electron chi connectivity index (χ2n) is 0. The molecule has 0 heterocycles. The first-order chi connectivity index (χ1) is 0. The molecule has 0 aromatic heterocycles. The lowest BCUT2D eigenvalue weighted by molar-refractivity contribution is 1.11. The lowest BCUT2D eigenvalue weighted by atomic mass is 12.0. The quantitative estimate of drug-likeness (QED) is 0.178. The Balaban J connectivity index is 0. The molecule has 24 heavy (non-hydrogen) atoms. The van der Waals surface area contributed by atoms with Gasteiger partial charge in [-0.15, -0.1) is 0 Å². The predicted molar refractivity (Wildman–Crippen MR) is 131 cm³/mol. The van der Waals surface area contributed by atoms with Crippen LogP contribution >= 0.6 is 0 Å². The third-order valence-corrected chi connectivity index (χ3v) is 0. The second kappa shape index (κ2) is 28500. The molecular formula is C12H76F4N8. The van der Waals surface area contributed by atoms with Gasteiger partial charge in [-0.3, -0.25) is 18.8 Å². The normalized spacial score (nSPS) is 0. The van der Waals surface area contributed by atoms with Crippen molar-refractivity contribution in [2.75, 3.05) is 0 Å². The molecule has 0 fully saturated rings. The van der Waals surface area contributed by atoms with Crippen LogP contribution in [0.2, 0.25) is 0 Å². The molecule has 0 saturated carbocycles. The molecule has 0 aliphatic heterocycles. The first kappa shape index (κ1) is 32600. The van der Waals surface area contributed by atoms with Crippen molar-refractivity contribution in [2.45, 2.75) is 89.1 Å². The Kier molecular flexibility index (Phi) is 38700000. The first-order valence-electron chi connectivity index (χ1n) is 0. The van der Waals surface area contributed by atoms with E-state index in [0.29, 0.717) is 0 Å². The summed E-state index contributed by atoms with van der Waals surface area (Å²) in [5.74, 6) is 0. The van der Waals surface area contributed by atoms with Crippen molar-refractivity contribution in [1.82, 2.24) is 49.2 Å². The molecule has 0 atom stereocenters. The van der Waals surface area contributed by atoms with Crippen LogP contribution < -0.4 is 49.2 Å². The SMILES string of the molecule is C.C.C.C.C.C.C.C.C.C.C.C.F.F.F.F.N.N.N.N.N.N.N.N. The number of rotatable bonds is 0. The molecule has 192 valence electrons. The zero-order valence-corrected chi connectivity index (χ0v) is 7.29. The minimum atomic E-state index is 0. The molecule has 0 aliphatic carbocycles. The molecule has 0 unspecified atom stereocenters. The fourth-order valence-corrected chi connectivity index (χ4v) is 0. The van der Waals surface area contributed by atoms with Gasteiger partial charge in [0.2, 0.25) is 0 Å². The molecule has 0 aromatic rings. The van der Waals surface area contributed by atoms with Crippen LogP contribution in [-0.4, -0.2) is 0 Å². The average molecular weight is 409 g/mol. The number of hydrogen-bond acceptors (Lipinski definition) is 8. The van der Waals surface area contributed by atoms with E-state index in [4.69, 9.17) is 0 Å². The molecule has 0 aromatic carbocycles. The standard InChI is InChI=1S/12CH4.4FH.8H3N/h12*1H4;4*1H;8*1H3. The van der Waals surface area contributed by atoms with Crippen LogP contribution in [0.4, 0.5) is 18.8 Å². The molecule has 0 radical (unpaired) electrons. The molecule has 0 amide bonds. The maximum absolute atomic E-state index is 0. The van der Waals surface area contributed by atoms with Crippen LogP contribution in [0.3, 0.4) is 0 Å². The zero-order valence-electron chi connectivity index (χ0n) is 7.29. The van der Waals surface area contributed by atoms with Crippen LogP contribution in [0, 0.1) is 0 Å². The topological polar surface area (TPSA) is 280 Å². The van der Waals surface area contributed by atoms with Gasteiger partial charge in [0.1, 0.15) is 0 Å². The van der Waals surface area contributed by atoms with E-state index in [1.54, 1.807) is 0 Å². The van der Waals surface area contributed by atoms with Crippen molar-refractivity contribution < 1.29 is 18.8 Å². The van der Waals surface area contributed by atoms with Crippen molar-refractivity contribution in [2.24, 2.45) is 0 Å². The maximum Gasteiger partial charge on any atom is -0.0776 e. The Morgan fingerprint density at radius 3 is 0.125 bits per heavy atom. The van der Waals surface area contributed by atoms with E-state index >= 15 is 0 Å². The predicted octanol–water partition coefficient (Wildman–Crippen LogP) is 9.54. The molecule has 0 aliphatic rings. The Morgan fingerprint density at radius 1 is 0.125 bits per heavy atom. The molecule has 0 saturated heterocycles. The smallest absolute Gasteiger partial charge is 0.0776 e. The summed E-state index contributed by atoms with van der Waals surface area (Å²) in [5.41, 5.74) is 0. The van der Waals surface area contributed by atoms with Gasteiger partial charge in [0, 0.05) is 0 Å². The van der Waals surface area contributed by atoms with Gasteiger partial charge in [0.05, 0.1) is 0 Å². The maximum atomic E-state index is 0. The van der Waals surface area contributed by atoms with Crippen LogP contribution in [-0.2, 0) is 0 Å². The third-order valence-electron chi connectivity index (χ3n) is 0. The van der Waals surface area contributed by atoms with E-state index in [9.17, 15) is 0 Å². The van der Waals surface area contributed by atoms with Crippen LogP contribution in [0.5, 0.6) is 0 Å². The Morgan fingerprint density at radius 2 is 0.125 bits per heavy atom. The van der Waals surface area contributed by atoms with Crippen LogP contribution in [0.15, 0.2) is 0 Å². The Bertz CT molecular complexity index is 35.0. The third kappa shape index (κ3) is 24700. The van der Waals surface area contributed by atoms with Crippen LogP contribution in [0.1, 0.15) is 89.1 Å². The van der Waals surface area contributed by atoms with Gasteiger partial charge in [0.25, 0.3) is 0 Å². The number of halogens is 4. The average Bonchev–Trinajstić information content (AvgIpc) is 0. The number of hydrogen-bond donors (Lipinski definition) is 8. The molecule has 0 bridgehead atoms. The lowest BCUT2D eigenvalue weighted by Crippen LogP contribution is -0.482. The van der Waals surface area contributed by atoms with E-state index < -0.39 is 0 Å². The zero-order chi connectivity index (χ0) is 0. The van der Waals surface area contributed by atoms with Gasteiger partial charge in [-0.25, -0.2) is 0 Å².